The first-order chi connectivity index (χ1) is 12.4. The molecule has 3 saturated carbocycles. The van der Waals surface area contributed by atoms with Crippen LogP contribution in [0.3, 0.4) is 0 Å². The molecule has 1 N–H and O–H groups in total. The van der Waals surface area contributed by atoms with Crippen LogP contribution in [0.5, 0.6) is 0 Å². The number of halogens is 1. The maximum atomic E-state index is 12.8. The minimum atomic E-state index is -0.234. The Bertz CT molecular complexity index is 508. The van der Waals surface area contributed by atoms with Crippen LogP contribution in [0.15, 0.2) is 0 Å². The van der Waals surface area contributed by atoms with Gasteiger partial charge in [0.25, 0.3) is 0 Å². The molecule has 0 aromatic heterocycles. The van der Waals surface area contributed by atoms with E-state index in [2.05, 4.69) is 29.8 Å². The molecule has 0 saturated heterocycles. The SMILES string of the molecule is CCC(COC)[C@H]1CC[C@]2(C)C(C(=O)CBr)C3CC3[C@H]2[C@@H]1CCC(C)O. The van der Waals surface area contributed by atoms with Crippen LogP contribution < -0.4 is 0 Å². The van der Waals surface area contributed by atoms with E-state index in [9.17, 15) is 9.90 Å². The van der Waals surface area contributed by atoms with Crippen molar-refractivity contribution < 1.29 is 14.6 Å². The number of carbonyl (C=O) groups excluding carboxylic acids is 1. The number of hydrogen-bond acceptors (Lipinski definition) is 3. The molecular weight excluding hydrogens is 392 g/mol. The zero-order valence-electron chi connectivity index (χ0n) is 16.9. The number of fused-ring (bicyclic) bond motifs is 3. The zero-order valence-corrected chi connectivity index (χ0v) is 18.5. The number of ketones is 1. The highest BCUT2D eigenvalue weighted by Crippen LogP contribution is 2.73. The van der Waals surface area contributed by atoms with Gasteiger partial charge in [0.1, 0.15) is 5.78 Å². The molecule has 0 amide bonds. The standard InChI is InChI=1S/C22H37BrO3/c1-5-14(12-26-4)15-8-9-22(3)20(16(15)7-6-13(2)24)17-10-18(17)21(22)19(25)11-23/h13-18,20-21,24H,5-12H2,1-4H3/t13?,14?,15-,16-,17?,18?,20-,21?,22+/m1/s1. The highest BCUT2D eigenvalue weighted by Gasteiger charge is 2.69. The molecule has 0 bridgehead atoms. The van der Waals surface area contributed by atoms with Gasteiger partial charge in [-0.25, -0.2) is 0 Å². The van der Waals surface area contributed by atoms with Gasteiger partial charge in [-0.05, 0) is 80.0 Å². The Morgan fingerprint density at radius 2 is 2.12 bits per heavy atom. The number of ether oxygens (including phenoxy) is 1. The smallest absolute Gasteiger partial charge is 0.147 e. The van der Waals surface area contributed by atoms with Crippen LogP contribution in [0.4, 0.5) is 0 Å². The van der Waals surface area contributed by atoms with Crippen LogP contribution >= 0.6 is 15.9 Å². The fourth-order valence-electron chi connectivity index (χ4n) is 7.16. The van der Waals surface area contributed by atoms with Gasteiger partial charge in [0.05, 0.1) is 11.4 Å². The van der Waals surface area contributed by atoms with E-state index >= 15 is 0 Å². The third kappa shape index (κ3) is 3.55. The van der Waals surface area contributed by atoms with Crippen LogP contribution in [-0.2, 0) is 9.53 Å². The van der Waals surface area contributed by atoms with Gasteiger partial charge in [0, 0.05) is 19.6 Å². The highest BCUT2D eigenvalue weighted by atomic mass is 79.9. The molecule has 3 fully saturated rings. The second-order valence-electron chi connectivity index (χ2n) is 9.59. The number of hydrogen-bond donors (Lipinski definition) is 1. The number of methoxy groups -OCH3 is 1. The third-order valence-corrected chi connectivity index (χ3v) is 8.74. The molecular formula is C22H37BrO3. The summed E-state index contributed by atoms with van der Waals surface area (Å²) in [5, 5.41) is 10.4. The lowest BCUT2D eigenvalue weighted by atomic mass is 9.52. The van der Waals surface area contributed by atoms with Gasteiger partial charge in [-0.2, -0.15) is 0 Å². The first-order valence-corrected chi connectivity index (χ1v) is 11.8. The molecule has 0 heterocycles. The summed E-state index contributed by atoms with van der Waals surface area (Å²) in [6.45, 7) is 7.45. The average Bonchev–Trinajstić information content (AvgIpc) is 3.32. The van der Waals surface area contributed by atoms with E-state index in [-0.39, 0.29) is 17.4 Å². The van der Waals surface area contributed by atoms with E-state index < -0.39 is 0 Å². The largest absolute Gasteiger partial charge is 0.393 e. The molecule has 26 heavy (non-hydrogen) atoms. The van der Waals surface area contributed by atoms with Gasteiger partial charge >= 0.3 is 0 Å². The van der Waals surface area contributed by atoms with Crippen LogP contribution in [0.25, 0.3) is 0 Å². The Balaban J connectivity index is 1.88. The maximum absolute atomic E-state index is 12.8. The molecule has 150 valence electrons. The lowest BCUT2D eigenvalue weighted by Gasteiger charge is -2.52. The van der Waals surface area contributed by atoms with E-state index in [1.165, 1.54) is 19.3 Å². The number of Topliss-reactive ketones (excluding diaryl/α,β-unsaturated/α-hetero) is 1. The van der Waals surface area contributed by atoms with Gasteiger partial charge in [0.15, 0.2) is 0 Å². The summed E-state index contributed by atoms with van der Waals surface area (Å²) in [6, 6.07) is 0. The first-order valence-electron chi connectivity index (χ1n) is 10.6. The van der Waals surface area contributed by atoms with Gasteiger partial charge in [-0.1, -0.05) is 36.2 Å². The summed E-state index contributed by atoms with van der Waals surface area (Å²) in [5.41, 5.74) is 0.170. The summed E-state index contributed by atoms with van der Waals surface area (Å²) in [4.78, 5) is 12.8. The summed E-state index contributed by atoms with van der Waals surface area (Å²) in [6.07, 6.45) is 6.55. The molecule has 3 rings (SSSR count). The van der Waals surface area contributed by atoms with Gasteiger partial charge in [0.2, 0.25) is 0 Å². The fourth-order valence-corrected chi connectivity index (χ4v) is 7.51. The van der Waals surface area contributed by atoms with Crippen molar-refractivity contribution in [2.45, 2.75) is 65.4 Å². The van der Waals surface area contributed by atoms with Crippen LogP contribution in [0.2, 0.25) is 0 Å². The molecule has 0 radical (unpaired) electrons. The van der Waals surface area contributed by atoms with Crippen molar-refractivity contribution in [3.63, 3.8) is 0 Å². The van der Waals surface area contributed by atoms with E-state index in [0.717, 1.165) is 31.8 Å². The Labute approximate surface area is 167 Å². The predicted molar refractivity (Wildman–Crippen MR) is 108 cm³/mol. The highest BCUT2D eigenvalue weighted by molar-refractivity contribution is 9.09. The van der Waals surface area contributed by atoms with Crippen molar-refractivity contribution in [3.05, 3.63) is 0 Å². The Kier molecular flexibility index (Phi) is 6.56. The Morgan fingerprint density at radius 1 is 1.38 bits per heavy atom. The van der Waals surface area contributed by atoms with Gasteiger partial charge in [-0.3, -0.25) is 4.79 Å². The van der Waals surface area contributed by atoms with Crippen molar-refractivity contribution >= 4 is 21.7 Å². The fraction of sp³-hybridized carbons (Fsp3) is 0.955. The lowest BCUT2D eigenvalue weighted by Crippen LogP contribution is -2.48. The number of aliphatic hydroxyl groups excluding tert-OH is 1. The van der Waals surface area contributed by atoms with E-state index in [1.54, 1.807) is 0 Å². The summed E-state index contributed by atoms with van der Waals surface area (Å²) in [7, 11) is 1.82. The number of rotatable bonds is 9. The number of aliphatic hydroxyl groups is 1. The summed E-state index contributed by atoms with van der Waals surface area (Å²) < 4.78 is 5.56. The molecule has 0 spiro atoms. The molecule has 4 heteroatoms. The predicted octanol–water partition coefficient (Wildman–Crippen LogP) is 4.70. The van der Waals surface area contributed by atoms with Crippen molar-refractivity contribution in [3.8, 4) is 0 Å². The minimum absolute atomic E-state index is 0.170. The molecule has 9 atom stereocenters. The second kappa shape index (κ2) is 8.21. The van der Waals surface area contributed by atoms with Crippen LogP contribution in [0.1, 0.15) is 59.3 Å². The summed E-state index contributed by atoms with van der Waals surface area (Å²) >= 11 is 3.44. The normalized spacial score (nSPS) is 43.5. The lowest BCUT2D eigenvalue weighted by molar-refractivity contribution is -0.128. The van der Waals surface area contributed by atoms with Crippen molar-refractivity contribution in [2.24, 2.45) is 46.8 Å². The molecule has 3 nitrogen and oxygen atoms in total. The average molecular weight is 429 g/mol. The Hall–Kier alpha value is 0.0700. The van der Waals surface area contributed by atoms with Gasteiger partial charge in [-0.15, -0.1) is 0 Å². The quantitative estimate of drug-likeness (QED) is 0.541. The van der Waals surface area contributed by atoms with Gasteiger partial charge < -0.3 is 9.84 Å². The Morgan fingerprint density at radius 3 is 2.69 bits per heavy atom. The maximum Gasteiger partial charge on any atom is 0.147 e. The van der Waals surface area contributed by atoms with Crippen molar-refractivity contribution in [1.29, 1.82) is 0 Å². The monoisotopic (exact) mass is 428 g/mol. The minimum Gasteiger partial charge on any atom is -0.393 e. The molecule has 0 aromatic rings. The molecule has 3 aliphatic rings. The van der Waals surface area contributed by atoms with E-state index in [0.29, 0.717) is 40.7 Å². The van der Waals surface area contributed by atoms with E-state index in [1.807, 2.05) is 14.0 Å². The molecule has 5 unspecified atom stereocenters. The zero-order chi connectivity index (χ0) is 19.1. The molecule has 3 aliphatic carbocycles. The van der Waals surface area contributed by atoms with Crippen LogP contribution in [0, 0.1) is 46.8 Å². The topological polar surface area (TPSA) is 46.5 Å². The second-order valence-corrected chi connectivity index (χ2v) is 10.1. The molecule has 0 aromatic carbocycles. The third-order valence-electron chi connectivity index (χ3n) is 8.19. The van der Waals surface area contributed by atoms with Crippen molar-refractivity contribution in [2.75, 3.05) is 19.0 Å². The number of carbonyl (C=O) groups is 1. The first kappa shape index (κ1) is 20.8. The van der Waals surface area contributed by atoms with Crippen LogP contribution in [-0.4, -0.2) is 36.0 Å². The summed E-state index contributed by atoms with van der Waals surface area (Å²) in [5.74, 6) is 4.63. The van der Waals surface area contributed by atoms with E-state index in [4.69, 9.17) is 4.74 Å². The van der Waals surface area contributed by atoms with Crippen molar-refractivity contribution in [1.82, 2.24) is 0 Å². The molecule has 0 aliphatic heterocycles. The number of alkyl halides is 1.